The molecule has 0 aromatic heterocycles. The minimum Gasteiger partial charge on any atom is -0.298 e. The van der Waals surface area contributed by atoms with Crippen LogP contribution < -0.4 is 0 Å². The number of aliphatic imine (C=N–C) groups is 1. The Morgan fingerprint density at radius 1 is 1.55 bits per heavy atom. The van der Waals surface area contributed by atoms with Gasteiger partial charge in [0.05, 0.1) is 11.4 Å². The Bertz CT molecular complexity index is 286. The van der Waals surface area contributed by atoms with Crippen LogP contribution >= 0.6 is 12.8 Å². The lowest BCUT2D eigenvalue weighted by molar-refractivity contribution is 1.30. The van der Waals surface area contributed by atoms with E-state index in [0.717, 1.165) is 11.4 Å². The van der Waals surface area contributed by atoms with E-state index in [0.29, 0.717) is 11.4 Å². The minimum atomic E-state index is 0.380. The number of allylic oxidation sites excluding steroid dienone is 2. The molecule has 0 aromatic carbocycles. The smallest absolute Gasteiger partial charge is 0.117 e. The molecule has 0 aliphatic carbocycles. The molecule has 3 nitrogen and oxygen atoms in total. The Morgan fingerprint density at radius 3 is 2.64 bits per heavy atom. The average Bonchev–Trinajstić information content (AvgIpc) is 1.85. The summed E-state index contributed by atoms with van der Waals surface area (Å²) >= 11 is 3.75. The highest BCUT2D eigenvalue weighted by molar-refractivity contribution is 7.79. The Labute approximate surface area is 71.0 Å². The SMILES string of the molecule is CC1=CC(=N)/C(=N\S)C(C)=N1. The van der Waals surface area contributed by atoms with Gasteiger partial charge in [0.25, 0.3) is 0 Å². The van der Waals surface area contributed by atoms with Crippen molar-refractivity contribution >= 4 is 29.9 Å². The summed E-state index contributed by atoms with van der Waals surface area (Å²) in [4.78, 5) is 4.14. The second kappa shape index (κ2) is 3.00. The summed E-state index contributed by atoms with van der Waals surface area (Å²) in [6.45, 7) is 3.67. The van der Waals surface area contributed by atoms with Crippen molar-refractivity contribution in [2.75, 3.05) is 0 Å². The van der Waals surface area contributed by atoms with Gasteiger partial charge < -0.3 is 0 Å². The van der Waals surface area contributed by atoms with Gasteiger partial charge in [-0.25, -0.2) is 4.40 Å². The third kappa shape index (κ3) is 1.57. The lowest BCUT2D eigenvalue weighted by Gasteiger charge is -2.08. The largest absolute Gasteiger partial charge is 0.298 e. The molecule has 4 heteroatoms. The number of hydrogen-bond donors (Lipinski definition) is 2. The van der Waals surface area contributed by atoms with E-state index in [9.17, 15) is 0 Å². The summed E-state index contributed by atoms with van der Waals surface area (Å²) in [5, 5.41) is 7.47. The lowest BCUT2D eigenvalue weighted by Crippen LogP contribution is -2.22. The fourth-order valence-corrected chi connectivity index (χ4v) is 1.20. The molecule has 0 amide bonds. The number of nitrogens with zero attached hydrogens (tertiary/aromatic N) is 2. The predicted octanol–water partition coefficient (Wildman–Crippen LogP) is 1.67. The third-order valence-corrected chi connectivity index (χ3v) is 1.60. The normalized spacial score (nSPS) is 21.7. The Hall–Kier alpha value is -0.900. The first-order valence-corrected chi connectivity index (χ1v) is 3.60. The van der Waals surface area contributed by atoms with Gasteiger partial charge in [0.2, 0.25) is 0 Å². The number of thiol groups is 1. The first-order valence-electron chi connectivity index (χ1n) is 3.20. The second-order valence-electron chi connectivity index (χ2n) is 2.35. The Morgan fingerprint density at radius 2 is 2.18 bits per heavy atom. The van der Waals surface area contributed by atoms with Crippen molar-refractivity contribution in [3.63, 3.8) is 0 Å². The molecular weight excluding hydrogens is 158 g/mol. The van der Waals surface area contributed by atoms with Crippen molar-refractivity contribution in [3.05, 3.63) is 11.8 Å². The van der Waals surface area contributed by atoms with Crippen LogP contribution in [0.2, 0.25) is 0 Å². The molecule has 0 saturated carbocycles. The summed E-state index contributed by atoms with van der Waals surface area (Å²) in [5.74, 6) is 0. The van der Waals surface area contributed by atoms with Gasteiger partial charge in [-0.2, -0.15) is 0 Å². The predicted molar refractivity (Wildman–Crippen MR) is 51.0 cm³/mol. The standard InChI is InChI=1S/C7H9N3S/c1-4-3-6(8)7(10-11)5(2)9-4/h3,8,11H,1-2H3/b8-6?,10-7-. The molecule has 0 radical (unpaired) electrons. The van der Waals surface area contributed by atoms with Crippen molar-refractivity contribution in [1.29, 1.82) is 5.41 Å². The molecule has 1 N–H and O–H groups in total. The van der Waals surface area contributed by atoms with Gasteiger partial charge in [0, 0.05) is 5.70 Å². The van der Waals surface area contributed by atoms with E-state index in [2.05, 4.69) is 22.2 Å². The molecule has 0 saturated heterocycles. The molecule has 1 heterocycles. The molecule has 0 spiro atoms. The van der Waals surface area contributed by atoms with E-state index >= 15 is 0 Å². The van der Waals surface area contributed by atoms with E-state index in [4.69, 9.17) is 5.41 Å². The molecule has 0 unspecified atom stereocenters. The summed E-state index contributed by atoms with van der Waals surface area (Å²) < 4.78 is 3.66. The Balaban J connectivity index is 3.11. The van der Waals surface area contributed by atoms with Gasteiger partial charge in [-0.3, -0.25) is 10.4 Å². The zero-order chi connectivity index (χ0) is 8.43. The van der Waals surface area contributed by atoms with Crippen LogP contribution in [-0.2, 0) is 0 Å². The third-order valence-electron chi connectivity index (χ3n) is 1.40. The topological polar surface area (TPSA) is 48.6 Å². The van der Waals surface area contributed by atoms with Crippen LogP contribution in [0.25, 0.3) is 0 Å². The van der Waals surface area contributed by atoms with Crippen LogP contribution in [-0.4, -0.2) is 17.1 Å². The zero-order valence-corrected chi connectivity index (χ0v) is 7.31. The molecule has 1 aliphatic rings. The number of nitrogens with one attached hydrogen (secondary N) is 1. The van der Waals surface area contributed by atoms with Crippen LogP contribution in [0.4, 0.5) is 0 Å². The summed E-state index contributed by atoms with van der Waals surface area (Å²) in [5.41, 5.74) is 2.53. The summed E-state index contributed by atoms with van der Waals surface area (Å²) in [6.07, 6.45) is 1.67. The van der Waals surface area contributed by atoms with Crippen LogP contribution in [0.5, 0.6) is 0 Å². The maximum absolute atomic E-state index is 7.47. The minimum absolute atomic E-state index is 0.380. The van der Waals surface area contributed by atoms with Gasteiger partial charge in [-0.05, 0) is 32.7 Å². The molecule has 58 valence electrons. The van der Waals surface area contributed by atoms with E-state index in [-0.39, 0.29) is 0 Å². The quantitative estimate of drug-likeness (QED) is 0.516. The molecule has 11 heavy (non-hydrogen) atoms. The van der Waals surface area contributed by atoms with Crippen molar-refractivity contribution in [2.45, 2.75) is 13.8 Å². The molecule has 1 rings (SSSR count). The van der Waals surface area contributed by atoms with Crippen molar-refractivity contribution in [3.8, 4) is 0 Å². The monoisotopic (exact) mass is 167 g/mol. The maximum atomic E-state index is 7.47. The van der Waals surface area contributed by atoms with Crippen LogP contribution in [0.1, 0.15) is 13.8 Å². The van der Waals surface area contributed by atoms with Crippen molar-refractivity contribution in [1.82, 2.24) is 0 Å². The Kier molecular flexibility index (Phi) is 2.24. The zero-order valence-electron chi connectivity index (χ0n) is 6.42. The van der Waals surface area contributed by atoms with E-state index in [1.54, 1.807) is 6.08 Å². The fourth-order valence-electron chi connectivity index (χ4n) is 0.948. The van der Waals surface area contributed by atoms with Crippen LogP contribution in [0.15, 0.2) is 21.2 Å². The van der Waals surface area contributed by atoms with Gasteiger partial charge in [-0.1, -0.05) is 0 Å². The highest BCUT2D eigenvalue weighted by atomic mass is 32.1. The highest BCUT2D eigenvalue weighted by Gasteiger charge is 2.12. The van der Waals surface area contributed by atoms with E-state index < -0.39 is 0 Å². The summed E-state index contributed by atoms with van der Waals surface area (Å²) in [6, 6.07) is 0. The molecular formula is C7H9N3S. The van der Waals surface area contributed by atoms with Crippen molar-refractivity contribution in [2.24, 2.45) is 9.39 Å². The lowest BCUT2D eigenvalue weighted by atomic mass is 10.1. The van der Waals surface area contributed by atoms with E-state index in [1.165, 1.54) is 0 Å². The highest BCUT2D eigenvalue weighted by Crippen LogP contribution is 2.06. The van der Waals surface area contributed by atoms with E-state index in [1.807, 2.05) is 13.8 Å². The van der Waals surface area contributed by atoms with Crippen molar-refractivity contribution < 1.29 is 0 Å². The fraction of sp³-hybridized carbons (Fsp3) is 0.286. The van der Waals surface area contributed by atoms with Crippen LogP contribution in [0.3, 0.4) is 0 Å². The molecule has 1 aliphatic heterocycles. The van der Waals surface area contributed by atoms with Crippen LogP contribution in [0, 0.1) is 5.41 Å². The second-order valence-corrected chi connectivity index (χ2v) is 2.55. The van der Waals surface area contributed by atoms with Gasteiger partial charge in [0.15, 0.2) is 0 Å². The van der Waals surface area contributed by atoms with Gasteiger partial charge >= 0.3 is 0 Å². The number of rotatable bonds is 0. The first kappa shape index (κ1) is 8.20. The first-order chi connectivity index (χ1) is 5.15. The van der Waals surface area contributed by atoms with Gasteiger partial charge in [-0.15, -0.1) is 0 Å². The average molecular weight is 167 g/mol. The molecule has 0 atom stereocenters. The molecule has 0 aromatic rings. The summed E-state index contributed by atoms with van der Waals surface area (Å²) in [7, 11) is 0. The molecule has 0 fully saturated rings. The molecule has 0 bridgehead atoms. The number of hydrogen-bond acceptors (Lipinski definition) is 4. The van der Waals surface area contributed by atoms with Gasteiger partial charge in [0.1, 0.15) is 5.71 Å². The maximum Gasteiger partial charge on any atom is 0.117 e.